The zero-order chi connectivity index (χ0) is 22.0. The Hall–Kier alpha value is -3.26. The van der Waals surface area contributed by atoms with Crippen molar-refractivity contribution in [1.82, 2.24) is 14.6 Å². The van der Waals surface area contributed by atoms with Gasteiger partial charge in [-0.2, -0.15) is 0 Å². The fourth-order valence-electron chi connectivity index (χ4n) is 3.47. The number of aryl methyl sites for hydroxylation is 2. The summed E-state index contributed by atoms with van der Waals surface area (Å²) in [6.07, 6.45) is 3.24. The van der Waals surface area contributed by atoms with E-state index < -0.39 is 10.0 Å². The monoisotopic (exact) mass is 438 g/mol. The lowest BCUT2D eigenvalue weighted by Crippen LogP contribution is -2.31. The number of pyridine rings is 1. The van der Waals surface area contributed by atoms with E-state index >= 15 is 0 Å². The van der Waals surface area contributed by atoms with E-state index in [0.29, 0.717) is 23.5 Å². The van der Waals surface area contributed by atoms with Crippen molar-refractivity contribution in [3.63, 3.8) is 0 Å². The van der Waals surface area contributed by atoms with Crippen LogP contribution in [0.15, 0.2) is 71.8 Å². The van der Waals surface area contributed by atoms with Crippen molar-refractivity contribution >= 4 is 21.4 Å². The molecule has 0 spiro atoms. The van der Waals surface area contributed by atoms with Gasteiger partial charge in [-0.15, -0.1) is 10.2 Å². The highest BCUT2D eigenvalue weighted by Gasteiger charge is 2.29. The molecule has 0 amide bonds. The second-order valence-electron chi connectivity index (χ2n) is 7.19. The van der Waals surface area contributed by atoms with Gasteiger partial charge in [0.25, 0.3) is 10.0 Å². The summed E-state index contributed by atoms with van der Waals surface area (Å²) in [5.41, 5.74) is 2.59. The third kappa shape index (κ3) is 4.03. The van der Waals surface area contributed by atoms with Gasteiger partial charge in [0.1, 0.15) is 16.5 Å². The van der Waals surface area contributed by atoms with Gasteiger partial charge in [-0.3, -0.25) is 8.71 Å². The molecule has 0 unspecified atom stereocenters. The Bertz CT molecular complexity index is 1300. The zero-order valence-electron chi connectivity index (χ0n) is 17.4. The molecule has 0 atom stereocenters. The lowest BCUT2D eigenvalue weighted by Gasteiger charge is -2.25. The zero-order valence-corrected chi connectivity index (χ0v) is 18.2. The number of nitrogens with zero attached hydrogens (tertiary/aromatic N) is 4. The van der Waals surface area contributed by atoms with Gasteiger partial charge >= 0.3 is 0 Å². The number of benzene rings is 2. The van der Waals surface area contributed by atoms with Crippen LogP contribution in [0.3, 0.4) is 0 Å². The van der Waals surface area contributed by atoms with Crippen molar-refractivity contribution in [3.8, 4) is 0 Å². The summed E-state index contributed by atoms with van der Waals surface area (Å²) in [6, 6.07) is 16.5. The molecule has 4 rings (SSSR count). The highest BCUT2D eigenvalue weighted by Crippen LogP contribution is 2.28. The van der Waals surface area contributed by atoms with Gasteiger partial charge in [0, 0.05) is 12.6 Å². The third-order valence-corrected chi connectivity index (χ3v) is 7.02. The number of hydrogen-bond acceptors (Lipinski definition) is 4. The lowest BCUT2D eigenvalue weighted by molar-refractivity contribution is 0.590. The van der Waals surface area contributed by atoms with E-state index in [2.05, 4.69) is 10.2 Å². The number of anilines is 1. The van der Waals surface area contributed by atoms with Gasteiger partial charge in [-0.1, -0.05) is 38.1 Å². The maximum atomic E-state index is 13.8. The highest BCUT2D eigenvalue weighted by molar-refractivity contribution is 7.93. The first kappa shape index (κ1) is 21.0. The van der Waals surface area contributed by atoms with Crippen molar-refractivity contribution < 1.29 is 12.8 Å². The summed E-state index contributed by atoms with van der Waals surface area (Å²) in [7, 11) is -3.99. The second-order valence-corrected chi connectivity index (χ2v) is 9.02. The van der Waals surface area contributed by atoms with Crippen LogP contribution in [-0.4, -0.2) is 23.0 Å². The topological polar surface area (TPSA) is 67.6 Å². The van der Waals surface area contributed by atoms with Crippen molar-refractivity contribution in [2.45, 2.75) is 38.1 Å². The quantitative estimate of drug-likeness (QED) is 0.429. The molecule has 2 aromatic heterocycles. The van der Waals surface area contributed by atoms with E-state index in [-0.39, 0.29) is 22.9 Å². The number of fused-ring (bicyclic) bond motifs is 1. The van der Waals surface area contributed by atoms with Crippen LogP contribution < -0.4 is 4.31 Å². The largest absolute Gasteiger partial charge is 0.285 e. The van der Waals surface area contributed by atoms with Crippen LogP contribution in [0.1, 0.15) is 30.8 Å². The minimum atomic E-state index is -3.99. The molecule has 8 heteroatoms. The van der Waals surface area contributed by atoms with Crippen molar-refractivity contribution in [2.24, 2.45) is 0 Å². The molecule has 0 bridgehead atoms. The summed E-state index contributed by atoms with van der Waals surface area (Å²) in [5, 5.41) is 8.26. The minimum Gasteiger partial charge on any atom is -0.285 e. The number of rotatable bonds is 7. The molecule has 0 radical (unpaired) electrons. The normalized spacial score (nSPS) is 11.7. The van der Waals surface area contributed by atoms with Crippen molar-refractivity contribution in [3.05, 3.63) is 89.6 Å². The molecule has 0 saturated heterocycles. The van der Waals surface area contributed by atoms with E-state index in [1.807, 2.05) is 26.0 Å². The van der Waals surface area contributed by atoms with Crippen molar-refractivity contribution in [1.29, 1.82) is 0 Å². The second kappa shape index (κ2) is 8.47. The molecule has 0 fully saturated rings. The van der Waals surface area contributed by atoms with Crippen LogP contribution in [-0.2, 0) is 29.4 Å². The Morgan fingerprint density at radius 3 is 2.23 bits per heavy atom. The van der Waals surface area contributed by atoms with Crippen LogP contribution in [0.2, 0.25) is 0 Å². The molecular formula is C23H23FN4O2S. The summed E-state index contributed by atoms with van der Waals surface area (Å²) in [4.78, 5) is 0.0730. The average molecular weight is 439 g/mol. The molecule has 31 heavy (non-hydrogen) atoms. The Kier molecular flexibility index (Phi) is 5.73. The number of sulfonamides is 1. The first-order valence-electron chi connectivity index (χ1n) is 10.1. The molecule has 0 aliphatic heterocycles. The first-order valence-corrected chi connectivity index (χ1v) is 11.6. The summed E-state index contributed by atoms with van der Waals surface area (Å²) in [6.45, 7) is 4.04. The molecule has 2 heterocycles. The van der Waals surface area contributed by atoms with Gasteiger partial charge in [0.2, 0.25) is 0 Å². The van der Waals surface area contributed by atoms with Crippen LogP contribution >= 0.6 is 0 Å². The fourth-order valence-corrected chi connectivity index (χ4v) is 5.05. The Balaban J connectivity index is 1.85. The Morgan fingerprint density at radius 2 is 1.58 bits per heavy atom. The molecule has 6 nitrogen and oxygen atoms in total. The van der Waals surface area contributed by atoms with Gasteiger partial charge in [0.15, 0.2) is 5.65 Å². The van der Waals surface area contributed by atoms with E-state index in [1.165, 1.54) is 22.5 Å². The summed E-state index contributed by atoms with van der Waals surface area (Å²) < 4.78 is 44.1. The van der Waals surface area contributed by atoms with Crippen LogP contribution in [0.5, 0.6) is 0 Å². The number of halogens is 1. The van der Waals surface area contributed by atoms with Crippen LogP contribution in [0, 0.1) is 5.82 Å². The smallest absolute Gasteiger partial charge is 0.268 e. The Labute approximate surface area is 181 Å². The first-order chi connectivity index (χ1) is 14.9. The van der Waals surface area contributed by atoms with Crippen LogP contribution in [0.25, 0.3) is 5.65 Å². The third-order valence-electron chi connectivity index (χ3n) is 5.23. The van der Waals surface area contributed by atoms with E-state index in [9.17, 15) is 12.8 Å². The molecule has 0 N–H and O–H groups in total. The maximum absolute atomic E-state index is 13.8. The number of aromatic nitrogens is 3. The van der Waals surface area contributed by atoms with Gasteiger partial charge in [-0.05, 0) is 53.9 Å². The van der Waals surface area contributed by atoms with E-state index in [1.54, 1.807) is 40.9 Å². The minimum absolute atomic E-state index is 0.0594. The molecule has 4 aromatic rings. The van der Waals surface area contributed by atoms with Gasteiger partial charge in [0.05, 0.1) is 12.2 Å². The average Bonchev–Trinajstić information content (AvgIpc) is 3.22. The van der Waals surface area contributed by atoms with Gasteiger partial charge in [-0.25, -0.2) is 12.8 Å². The Morgan fingerprint density at radius 1 is 0.903 bits per heavy atom. The SMILES string of the molecule is CCc1ccc(N(Cc2ccc(F)cc2)S(=O)(=O)c2cccn3c(CC)nnc23)cc1. The predicted molar refractivity (Wildman–Crippen MR) is 118 cm³/mol. The molecule has 0 aliphatic rings. The standard InChI is InChI=1S/C23H23FN4O2S/c1-3-17-9-13-20(14-10-17)28(16-18-7-11-19(24)12-8-18)31(29,30)21-6-5-15-27-22(4-2)25-26-23(21)27/h5-15H,3-4,16H2,1-2H3. The molecule has 160 valence electrons. The summed E-state index contributed by atoms with van der Waals surface area (Å²) >= 11 is 0. The van der Waals surface area contributed by atoms with Gasteiger partial charge < -0.3 is 0 Å². The number of hydrogen-bond donors (Lipinski definition) is 0. The predicted octanol–water partition coefficient (Wildman–Crippen LogP) is 4.39. The highest BCUT2D eigenvalue weighted by atomic mass is 32.2. The van der Waals surface area contributed by atoms with E-state index in [4.69, 9.17) is 0 Å². The molecule has 0 aliphatic carbocycles. The summed E-state index contributed by atoms with van der Waals surface area (Å²) in [5.74, 6) is 0.315. The van der Waals surface area contributed by atoms with E-state index in [0.717, 1.165) is 12.0 Å². The maximum Gasteiger partial charge on any atom is 0.268 e. The molecule has 0 saturated carbocycles. The van der Waals surface area contributed by atoms with Crippen LogP contribution in [0.4, 0.5) is 10.1 Å². The van der Waals surface area contributed by atoms with Crippen molar-refractivity contribution in [2.75, 3.05) is 4.31 Å². The lowest BCUT2D eigenvalue weighted by atomic mass is 10.1. The molecular weight excluding hydrogens is 415 g/mol. The fraction of sp³-hybridized carbons (Fsp3) is 0.217. The molecule has 2 aromatic carbocycles.